The smallest absolute Gasteiger partial charge is 0.400 e. The van der Waals surface area contributed by atoms with E-state index >= 15 is 0 Å². The molecule has 9 heteroatoms. The van der Waals surface area contributed by atoms with Gasteiger partial charge in [-0.15, -0.1) is 0 Å². The van der Waals surface area contributed by atoms with Crippen molar-refractivity contribution in [2.24, 2.45) is 16.8 Å². The summed E-state index contributed by atoms with van der Waals surface area (Å²) in [7, 11) is 0. The largest absolute Gasteiger partial charge is 0.409 e. The highest BCUT2D eigenvalue weighted by molar-refractivity contribution is 6.31. The van der Waals surface area contributed by atoms with Crippen molar-refractivity contribution in [2.75, 3.05) is 11.9 Å². The quantitative estimate of drug-likeness (QED) is 0.263. The van der Waals surface area contributed by atoms with Gasteiger partial charge in [-0.25, -0.2) is 4.39 Å². The predicted octanol–water partition coefficient (Wildman–Crippen LogP) is 2.82. The van der Waals surface area contributed by atoms with E-state index < -0.39 is 30.3 Å². The van der Waals surface area contributed by atoms with Crippen LogP contribution in [0.2, 0.25) is 5.02 Å². The molecule has 0 aliphatic rings. The number of oxime groups is 1. The highest BCUT2D eigenvalue weighted by Gasteiger charge is 2.42. The zero-order chi connectivity index (χ0) is 14.6. The molecule has 0 heterocycles. The number of rotatable bonds is 4. The molecule has 0 radical (unpaired) electrons. The van der Waals surface area contributed by atoms with Gasteiger partial charge in [0.2, 0.25) is 0 Å². The van der Waals surface area contributed by atoms with Crippen LogP contribution in [-0.4, -0.2) is 23.8 Å². The number of anilines is 1. The number of alkyl halides is 3. The van der Waals surface area contributed by atoms with Crippen molar-refractivity contribution in [1.82, 2.24) is 0 Å². The molecule has 1 aromatic carbocycles. The summed E-state index contributed by atoms with van der Waals surface area (Å²) >= 11 is 5.48. The number of hydrogen-bond donors (Lipinski definition) is 3. The fourth-order valence-electron chi connectivity index (χ4n) is 1.31. The number of benzene rings is 1. The van der Waals surface area contributed by atoms with Crippen molar-refractivity contribution < 1.29 is 22.8 Å². The zero-order valence-electron chi connectivity index (χ0n) is 9.38. The van der Waals surface area contributed by atoms with Crippen LogP contribution in [0.15, 0.2) is 23.4 Å². The Labute approximate surface area is 110 Å². The number of halogens is 5. The minimum absolute atomic E-state index is 0.201. The number of hydrogen-bond acceptors (Lipinski definition) is 3. The van der Waals surface area contributed by atoms with Crippen LogP contribution in [0.25, 0.3) is 0 Å². The molecule has 4 nitrogen and oxygen atoms in total. The lowest BCUT2D eigenvalue weighted by atomic mass is 10.1. The van der Waals surface area contributed by atoms with Gasteiger partial charge in [0, 0.05) is 6.54 Å². The van der Waals surface area contributed by atoms with Gasteiger partial charge in [0.25, 0.3) is 0 Å². The molecular weight excluding hydrogens is 290 g/mol. The van der Waals surface area contributed by atoms with E-state index in [1.807, 2.05) is 0 Å². The van der Waals surface area contributed by atoms with Gasteiger partial charge in [-0.3, -0.25) is 0 Å². The fraction of sp³-hybridized carbons (Fsp3) is 0.300. The molecule has 1 aromatic rings. The van der Waals surface area contributed by atoms with Crippen LogP contribution in [0.1, 0.15) is 0 Å². The van der Waals surface area contributed by atoms with Gasteiger partial charge < -0.3 is 16.3 Å². The highest BCUT2D eigenvalue weighted by atomic mass is 35.5. The van der Waals surface area contributed by atoms with E-state index in [0.29, 0.717) is 0 Å². The molecule has 1 unspecified atom stereocenters. The first-order chi connectivity index (χ1) is 8.77. The summed E-state index contributed by atoms with van der Waals surface area (Å²) in [5.41, 5.74) is 4.75. The zero-order valence-corrected chi connectivity index (χ0v) is 10.1. The maximum atomic E-state index is 13.4. The summed E-state index contributed by atoms with van der Waals surface area (Å²) in [6.07, 6.45) is -4.72. The SMILES string of the molecule is N/C(=N/O)C(CNc1cccc(Cl)c1F)C(F)(F)F. The van der Waals surface area contributed by atoms with Crippen LogP contribution in [0, 0.1) is 11.7 Å². The van der Waals surface area contributed by atoms with Gasteiger partial charge >= 0.3 is 6.18 Å². The van der Waals surface area contributed by atoms with Crippen molar-refractivity contribution >= 4 is 23.1 Å². The molecule has 0 aliphatic heterocycles. The Morgan fingerprint density at radius 3 is 2.63 bits per heavy atom. The van der Waals surface area contributed by atoms with Crippen LogP contribution in [-0.2, 0) is 0 Å². The summed E-state index contributed by atoms with van der Waals surface area (Å²) in [5, 5.41) is 12.6. The molecule has 0 saturated carbocycles. The van der Waals surface area contributed by atoms with E-state index in [4.69, 9.17) is 22.5 Å². The van der Waals surface area contributed by atoms with Crippen LogP contribution in [0.3, 0.4) is 0 Å². The first kappa shape index (κ1) is 15.4. The summed E-state index contributed by atoms with van der Waals surface area (Å²) < 4.78 is 51.3. The van der Waals surface area contributed by atoms with Gasteiger partial charge in [-0.1, -0.05) is 22.8 Å². The maximum Gasteiger partial charge on any atom is 0.400 e. The molecule has 0 amide bonds. The summed E-state index contributed by atoms with van der Waals surface area (Å²) in [6, 6.07) is 3.85. The molecule has 4 N–H and O–H groups in total. The normalized spacial score (nSPS) is 14.3. The van der Waals surface area contributed by atoms with E-state index in [1.165, 1.54) is 18.2 Å². The summed E-state index contributed by atoms with van der Waals surface area (Å²) in [6.45, 7) is -0.781. The highest BCUT2D eigenvalue weighted by Crippen LogP contribution is 2.28. The third-order valence-corrected chi connectivity index (χ3v) is 2.61. The minimum Gasteiger partial charge on any atom is -0.409 e. The van der Waals surface area contributed by atoms with Crippen molar-refractivity contribution in [3.05, 3.63) is 29.0 Å². The van der Waals surface area contributed by atoms with E-state index in [1.54, 1.807) is 0 Å². The number of nitrogens with two attached hydrogens (primary N) is 1. The molecule has 19 heavy (non-hydrogen) atoms. The Morgan fingerprint density at radius 1 is 1.47 bits per heavy atom. The molecule has 106 valence electrons. The standard InChI is InChI=1S/C10H10ClF4N3O/c11-6-2-1-3-7(8(6)12)17-4-5(9(16)18-19)10(13,14)15/h1-3,5,17,19H,4H2,(H2,16,18). The van der Waals surface area contributed by atoms with Crippen molar-refractivity contribution in [3.8, 4) is 0 Å². The lowest BCUT2D eigenvalue weighted by molar-refractivity contribution is -0.152. The van der Waals surface area contributed by atoms with Gasteiger partial charge in [0.05, 0.1) is 10.7 Å². The first-order valence-electron chi connectivity index (χ1n) is 4.99. The van der Waals surface area contributed by atoms with Crippen molar-refractivity contribution in [2.45, 2.75) is 6.18 Å². The molecule has 0 fully saturated rings. The topological polar surface area (TPSA) is 70.6 Å². The van der Waals surface area contributed by atoms with Gasteiger partial charge in [-0.2, -0.15) is 13.2 Å². The Balaban J connectivity index is 2.86. The van der Waals surface area contributed by atoms with E-state index in [2.05, 4.69) is 10.5 Å². The number of nitrogens with zero attached hydrogens (tertiary/aromatic N) is 1. The second-order valence-electron chi connectivity index (χ2n) is 3.60. The van der Waals surface area contributed by atoms with E-state index in [9.17, 15) is 17.6 Å². The molecule has 0 spiro atoms. The summed E-state index contributed by atoms with van der Waals surface area (Å²) in [4.78, 5) is 0. The predicted molar refractivity (Wildman–Crippen MR) is 62.9 cm³/mol. The number of nitrogens with one attached hydrogen (secondary N) is 1. The minimum atomic E-state index is -4.72. The third-order valence-electron chi connectivity index (χ3n) is 2.32. The molecular formula is C10H10ClF4N3O. The Kier molecular flexibility index (Phi) is 4.82. The molecule has 0 bridgehead atoms. The first-order valence-corrected chi connectivity index (χ1v) is 5.37. The lowest BCUT2D eigenvalue weighted by Crippen LogP contribution is -2.40. The third kappa shape index (κ3) is 3.88. The Morgan fingerprint density at radius 2 is 2.11 bits per heavy atom. The average Bonchev–Trinajstić information content (AvgIpc) is 2.32. The van der Waals surface area contributed by atoms with E-state index in [-0.39, 0.29) is 10.7 Å². The van der Waals surface area contributed by atoms with Crippen LogP contribution in [0.4, 0.5) is 23.2 Å². The molecule has 1 rings (SSSR count). The van der Waals surface area contributed by atoms with E-state index in [0.717, 1.165) is 0 Å². The number of amidine groups is 1. The lowest BCUT2D eigenvalue weighted by Gasteiger charge is -2.20. The Hall–Kier alpha value is -1.70. The summed E-state index contributed by atoms with van der Waals surface area (Å²) in [5.74, 6) is -4.12. The second kappa shape index (κ2) is 5.96. The fourth-order valence-corrected chi connectivity index (χ4v) is 1.48. The van der Waals surface area contributed by atoms with Crippen LogP contribution in [0.5, 0.6) is 0 Å². The second-order valence-corrected chi connectivity index (χ2v) is 4.01. The van der Waals surface area contributed by atoms with Crippen molar-refractivity contribution in [1.29, 1.82) is 0 Å². The average molecular weight is 300 g/mol. The monoisotopic (exact) mass is 299 g/mol. The van der Waals surface area contributed by atoms with Crippen LogP contribution >= 0.6 is 11.6 Å². The molecule has 0 aliphatic carbocycles. The maximum absolute atomic E-state index is 13.4. The van der Waals surface area contributed by atoms with Gasteiger partial charge in [-0.05, 0) is 12.1 Å². The van der Waals surface area contributed by atoms with Crippen molar-refractivity contribution in [3.63, 3.8) is 0 Å². The van der Waals surface area contributed by atoms with Gasteiger partial charge in [0.1, 0.15) is 5.92 Å². The van der Waals surface area contributed by atoms with Gasteiger partial charge in [0.15, 0.2) is 11.7 Å². The Bertz CT molecular complexity index is 478. The molecule has 0 aromatic heterocycles. The molecule has 0 saturated heterocycles. The van der Waals surface area contributed by atoms with Crippen LogP contribution < -0.4 is 11.1 Å². The molecule has 1 atom stereocenters.